The molecule has 0 bridgehead atoms. The van der Waals surface area contributed by atoms with Crippen molar-refractivity contribution in [3.63, 3.8) is 0 Å². The van der Waals surface area contributed by atoms with E-state index in [-0.39, 0.29) is 18.4 Å². The summed E-state index contributed by atoms with van der Waals surface area (Å²) in [7, 11) is 0. The lowest BCUT2D eigenvalue weighted by Crippen LogP contribution is -2.53. The van der Waals surface area contributed by atoms with Crippen molar-refractivity contribution in [2.24, 2.45) is 0 Å². The molecule has 0 aliphatic carbocycles. The molecule has 0 saturated carbocycles. The standard InChI is InChI=1S/C11H20N2O4/c1-3-11(2,10(15)16)13-9(14)6-8-7-12-4-5-17-8/h8,12H,3-7H2,1-2H3,(H,13,14)(H,15,16). The van der Waals surface area contributed by atoms with Crippen molar-refractivity contribution >= 4 is 11.9 Å². The van der Waals surface area contributed by atoms with Gasteiger partial charge in [0.15, 0.2) is 0 Å². The Morgan fingerprint density at radius 3 is 2.76 bits per heavy atom. The molecule has 1 rings (SSSR count). The molecule has 2 unspecified atom stereocenters. The highest BCUT2D eigenvalue weighted by atomic mass is 16.5. The molecule has 17 heavy (non-hydrogen) atoms. The normalized spacial score (nSPS) is 23.8. The Hall–Kier alpha value is -1.14. The summed E-state index contributed by atoms with van der Waals surface area (Å²) in [4.78, 5) is 22.7. The molecule has 1 aliphatic rings. The second-order valence-electron chi connectivity index (χ2n) is 4.44. The van der Waals surface area contributed by atoms with E-state index in [0.29, 0.717) is 19.6 Å². The molecule has 3 N–H and O–H groups in total. The molecular formula is C11H20N2O4. The van der Waals surface area contributed by atoms with Crippen LogP contribution in [0.2, 0.25) is 0 Å². The topological polar surface area (TPSA) is 87.7 Å². The van der Waals surface area contributed by atoms with Crippen molar-refractivity contribution in [3.8, 4) is 0 Å². The van der Waals surface area contributed by atoms with Crippen LogP contribution in [0, 0.1) is 0 Å². The van der Waals surface area contributed by atoms with Gasteiger partial charge in [-0.1, -0.05) is 6.92 Å². The van der Waals surface area contributed by atoms with Crippen LogP contribution in [0.3, 0.4) is 0 Å². The molecule has 1 amide bonds. The number of ether oxygens (including phenoxy) is 1. The Balaban J connectivity index is 2.44. The summed E-state index contributed by atoms with van der Waals surface area (Å²) in [5.41, 5.74) is -1.20. The van der Waals surface area contributed by atoms with Crippen LogP contribution in [0.5, 0.6) is 0 Å². The van der Waals surface area contributed by atoms with Crippen LogP contribution in [-0.4, -0.2) is 48.3 Å². The maximum Gasteiger partial charge on any atom is 0.329 e. The fourth-order valence-corrected chi connectivity index (χ4v) is 1.61. The first kappa shape index (κ1) is 13.9. The third-order valence-electron chi connectivity index (χ3n) is 3.01. The summed E-state index contributed by atoms with van der Waals surface area (Å²) in [5, 5.41) is 14.7. The van der Waals surface area contributed by atoms with Crippen molar-refractivity contribution in [1.82, 2.24) is 10.6 Å². The van der Waals surface area contributed by atoms with Gasteiger partial charge in [-0.3, -0.25) is 4.79 Å². The predicted octanol–water partition coefficient (Wildman–Crippen LogP) is -0.266. The van der Waals surface area contributed by atoms with E-state index < -0.39 is 11.5 Å². The summed E-state index contributed by atoms with van der Waals surface area (Å²) >= 11 is 0. The lowest BCUT2D eigenvalue weighted by atomic mass is 9.99. The molecule has 1 aliphatic heterocycles. The number of rotatable bonds is 5. The zero-order valence-corrected chi connectivity index (χ0v) is 10.3. The lowest BCUT2D eigenvalue weighted by Gasteiger charge is -2.27. The average molecular weight is 244 g/mol. The number of carboxylic acids is 1. The van der Waals surface area contributed by atoms with Crippen molar-refractivity contribution < 1.29 is 19.4 Å². The number of amides is 1. The van der Waals surface area contributed by atoms with Crippen LogP contribution < -0.4 is 10.6 Å². The molecule has 0 radical (unpaired) electrons. The summed E-state index contributed by atoms with van der Waals surface area (Å²) in [6.45, 7) is 5.24. The Morgan fingerprint density at radius 2 is 2.29 bits per heavy atom. The number of hydrogen-bond acceptors (Lipinski definition) is 4. The van der Waals surface area contributed by atoms with Gasteiger partial charge >= 0.3 is 5.97 Å². The van der Waals surface area contributed by atoms with Crippen molar-refractivity contribution in [2.75, 3.05) is 19.7 Å². The first-order chi connectivity index (χ1) is 7.98. The smallest absolute Gasteiger partial charge is 0.329 e. The minimum atomic E-state index is -1.20. The van der Waals surface area contributed by atoms with Gasteiger partial charge in [-0.15, -0.1) is 0 Å². The van der Waals surface area contributed by atoms with E-state index >= 15 is 0 Å². The third kappa shape index (κ3) is 3.98. The van der Waals surface area contributed by atoms with E-state index in [0.717, 1.165) is 6.54 Å². The molecule has 6 heteroatoms. The zero-order valence-electron chi connectivity index (χ0n) is 10.3. The third-order valence-corrected chi connectivity index (χ3v) is 3.01. The Kier molecular flexibility index (Phi) is 4.89. The van der Waals surface area contributed by atoms with E-state index in [1.807, 2.05) is 0 Å². The largest absolute Gasteiger partial charge is 0.480 e. The maximum absolute atomic E-state index is 11.7. The Bertz CT molecular complexity index is 289. The number of hydrogen-bond donors (Lipinski definition) is 3. The molecule has 1 fully saturated rings. The van der Waals surface area contributed by atoms with Gasteiger partial charge in [0, 0.05) is 13.1 Å². The van der Waals surface area contributed by atoms with Crippen molar-refractivity contribution in [1.29, 1.82) is 0 Å². The molecule has 0 spiro atoms. The number of carbonyl (C=O) groups excluding carboxylic acids is 1. The molecular weight excluding hydrogens is 224 g/mol. The van der Waals surface area contributed by atoms with Gasteiger partial charge < -0.3 is 20.5 Å². The fourth-order valence-electron chi connectivity index (χ4n) is 1.61. The van der Waals surface area contributed by atoms with Gasteiger partial charge in [-0.05, 0) is 13.3 Å². The molecule has 98 valence electrons. The maximum atomic E-state index is 11.7. The Labute approximate surface area is 101 Å². The van der Waals surface area contributed by atoms with E-state index in [1.54, 1.807) is 6.92 Å². The van der Waals surface area contributed by atoms with E-state index in [2.05, 4.69) is 10.6 Å². The first-order valence-electron chi connectivity index (χ1n) is 5.84. The van der Waals surface area contributed by atoms with E-state index in [4.69, 9.17) is 9.84 Å². The number of morpholine rings is 1. The van der Waals surface area contributed by atoms with Gasteiger partial charge in [0.2, 0.25) is 5.91 Å². The number of nitrogens with one attached hydrogen (secondary N) is 2. The zero-order chi connectivity index (χ0) is 12.9. The highest BCUT2D eigenvalue weighted by Crippen LogP contribution is 2.10. The summed E-state index contributed by atoms with van der Waals surface area (Å²) in [5.74, 6) is -1.30. The van der Waals surface area contributed by atoms with Gasteiger partial charge in [0.1, 0.15) is 5.54 Å². The van der Waals surface area contributed by atoms with Crippen LogP contribution in [0.4, 0.5) is 0 Å². The van der Waals surface area contributed by atoms with Crippen LogP contribution >= 0.6 is 0 Å². The summed E-state index contributed by atoms with van der Waals surface area (Å²) in [6.07, 6.45) is 0.368. The number of aliphatic carboxylic acids is 1. The minimum absolute atomic E-state index is 0.168. The van der Waals surface area contributed by atoms with Crippen LogP contribution in [0.1, 0.15) is 26.7 Å². The first-order valence-corrected chi connectivity index (χ1v) is 5.84. The molecule has 0 aromatic heterocycles. The van der Waals surface area contributed by atoms with Crippen molar-refractivity contribution in [2.45, 2.75) is 38.3 Å². The van der Waals surface area contributed by atoms with Crippen molar-refractivity contribution in [3.05, 3.63) is 0 Å². The molecule has 1 saturated heterocycles. The number of carbonyl (C=O) groups is 2. The SMILES string of the molecule is CCC(C)(NC(=O)CC1CNCCO1)C(=O)O. The highest BCUT2D eigenvalue weighted by Gasteiger charge is 2.33. The predicted molar refractivity (Wildman–Crippen MR) is 61.7 cm³/mol. The summed E-state index contributed by atoms with van der Waals surface area (Å²) in [6, 6.07) is 0. The fraction of sp³-hybridized carbons (Fsp3) is 0.818. The molecule has 0 aromatic carbocycles. The van der Waals surface area contributed by atoms with Crippen LogP contribution in [-0.2, 0) is 14.3 Å². The van der Waals surface area contributed by atoms with Gasteiger partial charge in [-0.25, -0.2) is 4.79 Å². The molecule has 1 heterocycles. The van der Waals surface area contributed by atoms with E-state index in [1.165, 1.54) is 6.92 Å². The average Bonchev–Trinajstić information content (AvgIpc) is 2.29. The lowest BCUT2D eigenvalue weighted by molar-refractivity contribution is -0.147. The molecule has 0 aromatic rings. The van der Waals surface area contributed by atoms with Gasteiger partial charge in [0.05, 0.1) is 19.1 Å². The molecule has 2 atom stereocenters. The minimum Gasteiger partial charge on any atom is -0.480 e. The quantitative estimate of drug-likeness (QED) is 0.620. The van der Waals surface area contributed by atoms with Crippen LogP contribution in [0.25, 0.3) is 0 Å². The second kappa shape index (κ2) is 5.97. The monoisotopic (exact) mass is 244 g/mol. The highest BCUT2D eigenvalue weighted by molar-refractivity contribution is 5.86. The Morgan fingerprint density at radius 1 is 1.59 bits per heavy atom. The van der Waals surface area contributed by atoms with Gasteiger partial charge in [-0.2, -0.15) is 0 Å². The van der Waals surface area contributed by atoms with E-state index in [9.17, 15) is 9.59 Å². The summed E-state index contributed by atoms with van der Waals surface area (Å²) < 4.78 is 5.39. The number of carboxylic acid groups (broad SMARTS) is 1. The molecule has 6 nitrogen and oxygen atoms in total. The van der Waals surface area contributed by atoms with Crippen LogP contribution in [0.15, 0.2) is 0 Å². The van der Waals surface area contributed by atoms with Gasteiger partial charge in [0.25, 0.3) is 0 Å². The second-order valence-corrected chi connectivity index (χ2v) is 4.44.